The van der Waals surface area contributed by atoms with E-state index in [9.17, 15) is 14.7 Å². The summed E-state index contributed by atoms with van der Waals surface area (Å²) in [6, 6.07) is 5.59. The van der Waals surface area contributed by atoms with Gasteiger partial charge in [0.15, 0.2) is 0 Å². The lowest BCUT2D eigenvalue weighted by Crippen LogP contribution is -2.63. The molecule has 0 spiro atoms. The lowest BCUT2D eigenvalue weighted by Gasteiger charge is -2.46. The number of rotatable bonds is 7. The van der Waals surface area contributed by atoms with Gasteiger partial charge in [-0.3, -0.25) is 4.79 Å². The molecule has 154 valence electrons. The van der Waals surface area contributed by atoms with Crippen molar-refractivity contribution in [1.29, 1.82) is 0 Å². The summed E-state index contributed by atoms with van der Waals surface area (Å²) in [5.74, 6) is -0.801. The Morgan fingerprint density at radius 1 is 1.50 bits per heavy atom. The normalized spacial score (nSPS) is 24.4. The predicted octanol–water partition coefficient (Wildman–Crippen LogP) is 2.35. The minimum absolute atomic E-state index is 0.0253. The van der Waals surface area contributed by atoms with E-state index in [4.69, 9.17) is 12.5 Å². The Labute approximate surface area is 181 Å². The minimum Gasteiger partial charge on any atom is -0.393 e. The Morgan fingerprint density at radius 2 is 2.30 bits per heavy atom. The fraction of sp³-hybridized carbons (Fsp3) is 0.421. The maximum atomic E-state index is 12.6. The van der Waals surface area contributed by atoms with Crippen LogP contribution in [0.1, 0.15) is 19.5 Å². The molecule has 2 aromatic heterocycles. The Kier molecular flexibility index (Phi) is 6.00. The van der Waals surface area contributed by atoms with E-state index in [1.165, 1.54) is 16.7 Å². The van der Waals surface area contributed by atoms with Gasteiger partial charge in [0.1, 0.15) is 11.3 Å². The number of carbonyl (C=O) groups excluding carboxylic acids is 2. The van der Waals surface area contributed by atoms with Crippen molar-refractivity contribution in [3.8, 4) is 0 Å². The third-order valence-corrected chi connectivity index (χ3v) is 7.13. The quantitative estimate of drug-likeness (QED) is 0.402. The van der Waals surface area contributed by atoms with Gasteiger partial charge in [0.2, 0.25) is 14.5 Å². The van der Waals surface area contributed by atoms with Gasteiger partial charge in [-0.25, -0.2) is 9.78 Å². The highest BCUT2D eigenvalue weighted by molar-refractivity contribution is 8.03. The number of aliphatic hydroxyl groups excluding tert-OH is 1. The van der Waals surface area contributed by atoms with Gasteiger partial charge in [-0.1, -0.05) is 13.0 Å². The summed E-state index contributed by atoms with van der Waals surface area (Å²) < 4.78 is 10.3. The number of aliphatic hydroxyl groups is 1. The molecule has 1 amide bonds. The molecule has 1 saturated heterocycles. The van der Waals surface area contributed by atoms with Crippen LogP contribution in [0.25, 0.3) is 5.65 Å². The van der Waals surface area contributed by atoms with E-state index >= 15 is 0 Å². The number of thioether (sulfide) groups is 1. The number of pyridine rings is 1. The molecule has 1 fully saturated rings. The van der Waals surface area contributed by atoms with Crippen molar-refractivity contribution in [2.24, 2.45) is 16.5 Å². The lowest BCUT2D eigenvalue weighted by atomic mass is 9.79. The van der Waals surface area contributed by atoms with Crippen LogP contribution in [-0.4, -0.2) is 57.1 Å². The second-order valence-corrected chi connectivity index (χ2v) is 9.05. The lowest BCUT2D eigenvalue weighted by molar-refractivity contribution is -0.162. The van der Waals surface area contributed by atoms with Gasteiger partial charge in [-0.05, 0) is 19.1 Å². The Hall–Kier alpha value is -2.16. The third kappa shape index (κ3) is 3.57. The number of β-lactam (4-membered cyclic amide) rings is 1. The van der Waals surface area contributed by atoms with Crippen molar-refractivity contribution < 1.29 is 19.2 Å². The largest absolute Gasteiger partial charge is 0.393 e. The van der Waals surface area contributed by atoms with Crippen LogP contribution in [0, 0.1) is 11.8 Å². The molecule has 8 nitrogen and oxygen atoms in total. The average Bonchev–Trinajstić information content (AvgIpc) is 3.23. The van der Waals surface area contributed by atoms with Crippen LogP contribution in [0.3, 0.4) is 0 Å². The van der Waals surface area contributed by atoms with Crippen LogP contribution in [0.2, 0.25) is 0 Å². The fourth-order valence-electron chi connectivity index (χ4n) is 4.18. The van der Waals surface area contributed by atoms with Crippen molar-refractivity contribution in [2.75, 3.05) is 5.75 Å². The van der Waals surface area contributed by atoms with Gasteiger partial charge in [-0.15, -0.1) is 11.8 Å². The molecule has 0 saturated carbocycles. The molecule has 0 aliphatic carbocycles. The standard InChI is InChI=1S/C19H20BN4O4PS/c1-10-15-14(11(2)25)18(26)24(15)16(19(27)28-29-22-20)17(10)30-8-6-12-9-23-7-4-3-5-13(23)21-12/h3-5,7,9-11,14-15,25H,6,8H2,1-2H3/t10-,11?,14?,15?/m1/s1. The topological polar surface area (TPSA) is 96.5 Å². The molecule has 0 bridgehead atoms. The van der Waals surface area contributed by atoms with Crippen LogP contribution < -0.4 is 0 Å². The Balaban J connectivity index is 1.54. The molecule has 30 heavy (non-hydrogen) atoms. The van der Waals surface area contributed by atoms with Crippen LogP contribution in [0.15, 0.2) is 45.9 Å². The van der Waals surface area contributed by atoms with Crippen LogP contribution in [0.5, 0.6) is 0 Å². The summed E-state index contributed by atoms with van der Waals surface area (Å²) in [6.45, 7) is 3.57. The minimum atomic E-state index is -0.780. The Bertz CT molecular complexity index is 1020. The highest BCUT2D eigenvalue weighted by Crippen LogP contribution is 2.50. The van der Waals surface area contributed by atoms with Crippen molar-refractivity contribution in [3.05, 3.63) is 46.9 Å². The molecule has 3 unspecified atom stereocenters. The summed E-state index contributed by atoms with van der Waals surface area (Å²) in [4.78, 5) is 32.1. The number of aromatic nitrogens is 2. The number of nitrogens with zero attached hydrogens (tertiary/aromatic N) is 4. The molecule has 2 aliphatic heterocycles. The first-order valence-electron chi connectivity index (χ1n) is 9.56. The number of imidazole rings is 1. The molecule has 11 heteroatoms. The zero-order valence-electron chi connectivity index (χ0n) is 16.5. The molecule has 4 rings (SSSR count). The predicted molar refractivity (Wildman–Crippen MR) is 115 cm³/mol. The molecule has 2 aliphatic rings. The summed E-state index contributed by atoms with van der Waals surface area (Å²) in [7, 11) is 5.05. The van der Waals surface area contributed by atoms with Gasteiger partial charge in [0, 0.05) is 35.4 Å². The van der Waals surface area contributed by atoms with Crippen LogP contribution in [0.4, 0.5) is 0 Å². The first-order chi connectivity index (χ1) is 14.4. The maximum absolute atomic E-state index is 12.6. The zero-order valence-corrected chi connectivity index (χ0v) is 18.2. The van der Waals surface area contributed by atoms with Gasteiger partial charge < -0.3 is 23.6 Å². The number of amides is 1. The fourth-order valence-corrected chi connectivity index (χ4v) is 5.64. The van der Waals surface area contributed by atoms with E-state index in [2.05, 4.69) is 9.64 Å². The van der Waals surface area contributed by atoms with E-state index in [0.29, 0.717) is 12.2 Å². The van der Waals surface area contributed by atoms with Crippen molar-refractivity contribution >= 4 is 45.9 Å². The van der Waals surface area contributed by atoms with E-state index in [1.54, 1.807) is 6.92 Å². The number of hydrogen-bond donors (Lipinski definition) is 1. The van der Waals surface area contributed by atoms with Gasteiger partial charge in [-0.2, -0.15) is 0 Å². The molecular formula is C19H20BN4O4PS. The number of aryl methyl sites for hydroxylation is 1. The highest BCUT2D eigenvalue weighted by Gasteiger charge is 2.60. The number of fused-ring (bicyclic) bond motifs is 2. The monoisotopic (exact) mass is 442 g/mol. The molecule has 4 heterocycles. The molecule has 2 radical (unpaired) electrons. The summed E-state index contributed by atoms with van der Waals surface area (Å²) in [5, 5.41) is 10.0. The van der Waals surface area contributed by atoms with E-state index in [-0.39, 0.29) is 32.2 Å². The molecule has 4 atom stereocenters. The second kappa shape index (κ2) is 8.53. The summed E-state index contributed by atoms with van der Waals surface area (Å²) in [5.41, 5.74) is 2.07. The van der Waals surface area contributed by atoms with Crippen molar-refractivity contribution in [2.45, 2.75) is 32.4 Å². The molecule has 1 N–H and O–H groups in total. The van der Waals surface area contributed by atoms with Crippen LogP contribution in [-0.2, 0) is 20.5 Å². The van der Waals surface area contributed by atoms with E-state index in [1.807, 2.05) is 41.9 Å². The van der Waals surface area contributed by atoms with Crippen molar-refractivity contribution in [3.63, 3.8) is 0 Å². The smallest absolute Gasteiger partial charge is 0.365 e. The number of carbonyl (C=O) groups is 2. The first kappa shape index (κ1) is 21.1. The molecule has 2 aromatic rings. The first-order valence-corrected chi connectivity index (χ1v) is 11.3. The van der Waals surface area contributed by atoms with Gasteiger partial charge in [0.25, 0.3) is 7.98 Å². The average molecular weight is 442 g/mol. The highest BCUT2D eigenvalue weighted by atomic mass is 32.2. The Morgan fingerprint density at radius 3 is 3.00 bits per heavy atom. The zero-order chi connectivity index (χ0) is 21.4. The molecular weight excluding hydrogens is 422 g/mol. The number of hydrogen-bond acceptors (Lipinski definition) is 7. The van der Waals surface area contributed by atoms with Gasteiger partial charge >= 0.3 is 5.97 Å². The van der Waals surface area contributed by atoms with Crippen molar-refractivity contribution in [1.82, 2.24) is 14.3 Å². The van der Waals surface area contributed by atoms with Crippen LogP contribution >= 0.6 is 20.4 Å². The summed E-state index contributed by atoms with van der Waals surface area (Å²) >= 11 is 1.52. The SMILES string of the molecule is [B]N=POC(=O)C1=C(SCCc2cn3ccccc3n2)[C@H](C)C2C(C(C)O)C(=O)N12. The third-order valence-electron chi connectivity index (χ3n) is 5.50. The van der Waals surface area contributed by atoms with E-state index < -0.39 is 18.0 Å². The molecule has 0 aromatic carbocycles. The second-order valence-electron chi connectivity index (χ2n) is 7.34. The van der Waals surface area contributed by atoms with Gasteiger partial charge in [0.05, 0.1) is 23.8 Å². The summed E-state index contributed by atoms with van der Waals surface area (Å²) in [6.07, 6.45) is 3.86. The maximum Gasteiger partial charge on any atom is 0.365 e. The van der Waals surface area contributed by atoms with E-state index in [0.717, 1.165) is 16.2 Å².